The number of hydrogen-bond acceptors (Lipinski definition) is 5. The van der Waals surface area contributed by atoms with E-state index in [-0.39, 0.29) is 22.7 Å². The molecule has 0 radical (unpaired) electrons. The van der Waals surface area contributed by atoms with Gasteiger partial charge in [-0.25, -0.2) is 9.37 Å². The minimum Gasteiger partial charge on any atom is -0.482 e. The predicted molar refractivity (Wildman–Crippen MR) is 131 cm³/mol. The molecule has 0 spiro atoms. The molecule has 0 unspecified atom stereocenters. The van der Waals surface area contributed by atoms with E-state index < -0.39 is 0 Å². The van der Waals surface area contributed by atoms with Gasteiger partial charge in [0.2, 0.25) is 5.75 Å². The lowest BCUT2D eigenvalue weighted by Crippen LogP contribution is -2.17. The molecule has 0 fully saturated rings. The summed E-state index contributed by atoms with van der Waals surface area (Å²) in [4.78, 5) is 28.9. The summed E-state index contributed by atoms with van der Waals surface area (Å²) in [5.74, 6) is 0.449. The number of nitrogens with one attached hydrogen (secondary N) is 1. The Morgan fingerprint density at radius 2 is 1.74 bits per heavy atom. The van der Waals surface area contributed by atoms with E-state index in [9.17, 15) is 14.0 Å². The van der Waals surface area contributed by atoms with Gasteiger partial charge in [-0.15, -0.1) is 0 Å². The maximum Gasteiger partial charge on any atom is 0.293 e. The minimum atomic E-state index is -0.318. The Morgan fingerprint density at radius 3 is 2.34 bits per heavy atom. The Kier molecular flexibility index (Phi) is 8.56. The number of H-pyrrole nitrogens is 1. The quantitative estimate of drug-likeness (QED) is 0.380. The second kappa shape index (κ2) is 11.8. The summed E-state index contributed by atoms with van der Waals surface area (Å²) in [6.45, 7) is 6.64. The predicted octanol–water partition coefficient (Wildman–Crippen LogP) is 4.96. The molecule has 0 atom stereocenters. The number of carbonyl (C=O) groups is 1. The second-order valence-electron chi connectivity index (χ2n) is 8.70. The fraction of sp³-hybridized carbons (Fsp3) is 0.222. The van der Waals surface area contributed by atoms with Gasteiger partial charge in [-0.05, 0) is 55.7 Å². The smallest absolute Gasteiger partial charge is 0.293 e. The zero-order chi connectivity index (χ0) is 25.3. The van der Waals surface area contributed by atoms with Crippen LogP contribution in [0.2, 0.25) is 0 Å². The van der Waals surface area contributed by atoms with E-state index in [1.54, 1.807) is 12.1 Å². The fourth-order valence-electron chi connectivity index (χ4n) is 3.01. The van der Waals surface area contributed by atoms with Crippen molar-refractivity contribution in [2.24, 2.45) is 0 Å². The SMILES string of the molecule is CC(C)(C)OC=O.O=c1[nH]c(Cn2ccc(-c3ccc(F)cc3)c2)ncc1OCc1ccccc1. The largest absolute Gasteiger partial charge is 0.482 e. The molecule has 1 N–H and O–H groups in total. The third-order valence-corrected chi connectivity index (χ3v) is 4.72. The molecular weight excluding hydrogens is 449 g/mol. The standard InChI is InChI=1S/C22H18FN3O2.C5H10O2/c23-19-8-6-17(7-9-19)18-10-11-26(13-18)14-21-24-12-20(22(27)25-21)28-15-16-4-2-1-3-5-16;1-5(2,3)7-4-6/h1-13H,14-15H2,(H,24,25,27);4H,1-3H3. The third kappa shape index (κ3) is 8.26. The highest BCUT2D eigenvalue weighted by Crippen LogP contribution is 2.20. The van der Waals surface area contributed by atoms with Crippen molar-refractivity contribution in [2.75, 3.05) is 0 Å². The first-order valence-electron chi connectivity index (χ1n) is 11.0. The van der Waals surface area contributed by atoms with Gasteiger partial charge in [0.1, 0.15) is 23.8 Å². The number of hydrogen-bond donors (Lipinski definition) is 1. The van der Waals surface area contributed by atoms with Gasteiger partial charge in [-0.3, -0.25) is 9.59 Å². The Labute approximate surface area is 203 Å². The van der Waals surface area contributed by atoms with E-state index in [2.05, 4.69) is 14.7 Å². The van der Waals surface area contributed by atoms with Gasteiger partial charge in [-0.1, -0.05) is 42.5 Å². The number of carbonyl (C=O) groups excluding carboxylic acids is 1. The van der Waals surface area contributed by atoms with Crippen molar-refractivity contribution < 1.29 is 18.7 Å². The zero-order valence-corrected chi connectivity index (χ0v) is 19.9. The first-order valence-corrected chi connectivity index (χ1v) is 11.0. The van der Waals surface area contributed by atoms with E-state index in [0.717, 1.165) is 16.7 Å². The van der Waals surface area contributed by atoms with Crippen molar-refractivity contribution in [3.05, 3.63) is 107 Å². The van der Waals surface area contributed by atoms with Crippen LogP contribution in [0.5, 0.6) is 5.75 Å². The van der Waals surface area contributed by atoms with Gasteiger partial charge >= 0.3 is 0 Å². The third-order valence-electron chi connectivity index (χ3n) is 4.72. The molecule has 2 aromatic heterocycles. The van der Waals surface area contributed by atoms with Gasteiger partial charge in [-0.2, -0.15) is 0 Å². The monoisotopic (exact) mass is 477 g/mol. The molecule has 4 aromatic rings. The Hall–Kier alpha value is -4.20. The number of ether oxygens (including phenoxy) is 2. The Balaban J connectivity index is 0.000000429. The molecule has 4 rings (SSSR count). The number of nitrogens with zero attached hydrogens (tertiary/aromatic N) is 2. The number of aromatic nitrogens is 3. The number of rotatable bonds is 7. The van der Waals surface area contributed by atoms with Crippen molar-refractivity contribution in [2.45, 2.75) is 39.5 Å². The lowest BCUT2D eigenvalue weighted by Gasteiger charge is -2.14. The van der Waals surface area contributed by atoms with Crippen molar-refractivity contribution in [1.29, 1.82) is 0 Å². The summed E-state index contributed by atoms with van der Waals surface area (Å²) in [5, 5.41) is 0. The molecule has 2 aromatic carbocycles. The van der Waals surface area contributed by atoms with Crippen LogP contribution in [0.25, 0.3) is 11.1 Å². The summed E-state index contributed by atoms with van der Waals surface area (Å²) in [6, 6.07) is 17.9. The Morgan fingerprint density at radius 1 is 1.03 bits per heavy atom. The number of aromatic amines is 1. The lowest BCUT2D eigenvalue weighted by atomic mass is 10.1. The highest BCUT2D eigenvalue weighted by Gasteiger charge is 2.08. The molecule has 0 aliphatic rings. The van der Waals surface area contributed by atoms with Gasteiger partial charge in [0, 0.05) is 12.4 Å². The van der Waals surface area contributed by atoms with Crippen LogP contribution in [0, 0.1) is 5.82 Å². The van der Waals surface area contributed by atoms with E-state index in [4.69, 9.17) is 4.74 Å². The summed E-state index contributed by atoms with van der Waals surface area (Å²) in [5.41, 5.74) is 2.23. The van der Waals surface area contributed by atoms with Crippen LogP contribution < -0.4 is 10.3 Å². The summed E-state index contributed by atoms with van der Waals surface area (Å²) >= 11 is 0. The average Bonchev–Trinajstić information content (AvgIpc) is 3.28. The normalized spacial score (nSPS) is 10.7. The number of benzene rings is 2. The summed E-state index contributed by atoms with van der Waals surface area (Å²) < 4.78 is 25.1. The van der Waals surface area contributed by atoms with Crippen LogP contribution >= 0.6 is 0 Å². The van der Waals surface area contributed by atoms with E-state index in [0.29, 0.717) is 25.4 Å². The summed E-state index contributed by atoms with van der Waals surface area (Å²) in [6.07, 6.45) is 5.26. The van der Waals surface area contributed by atoms with Gasteiger partial charge < -0.3 is 19.0 Å². The van der Waals surface area contributed by atoms with Crippen LogP contribution in [0.1, 0.15) is 32.2 Å². The van der Waals surface area contributed by atoms with Crippen molar-refractivity contribution in [1.82, 2.24) is 14.5 Å². The highest BCUT2D eigenvalue weighted by molar-refractivity contribution is 5.62. The molecule has 0 saturated carbocycles. The molecule has 7 nitrogen and oxygen atoms in total. The zero-order valence-electron chi connectivity index (χ0n) is 19.9. The molecule has 2 heterocycles. The molecule has 0 bridgehead atoms. The Bertz CT molecular complexity index is 1280. The maximum absolute atomic E-state index is 13.1. The topological polar surface area (TPSA) is 86.2 Å². The van der Waals surface area contributed by atoms with E-state index >= 15 is 0 Å². The molecular formula is C27H28FN3O4. The van der Waals surface area contributed by atoms with Crippen LogP contribution in [0.15, 0.2) is 84.0 Å². The van der Waals surface area contributed by atoms with Crippen LogP contribution in [0.3, 0.4) is 0 Å². The molecule has 0 saturated heterocycles. The molecule has 182 valence electrons. The molecule has 0 amide bonds. The fourth-order valence-corrected chi connectivity index (χ4v) is 3.01. The van der Waals surface area contributed by atoms with Crippen molar-refractivity contribution in [3.8, 4) is 16.9 Å². The first kappa shape index (κ1) is 25.4. The second-order valence-corrected chi connectivity index (χ2v) is 8.70. The number of halogens is 1. The van der Waals surface area contributed by atoms with Crippen LogP contribution in [-0.2, 0) is 22.7 Å². The van der Waals surface area contributed by atoms with Gasteiger partial charge in [0.25, 0.3) is 12.0 Å². The first-order chi connectivity index (χ1) is 16.7. The van der Waals surface area contributed by atoms with Gasteiger partial charge in [0.15, 0.2) is 0 Å². The van der Waals surface area contributed by atoms with E-state index in [1.807, 2.05) is 74.1 Å². The van der Waals surface area contributed by atoms with Crippen LogP contribution in [-0.4, -0.2) is 26.6 Å². The van der Waals surface area contributed by atoms with Crippen molar-refractivity contribution in [3.63, 3.8) is 0 Å². The van der Waals surface area contributed by atoms with Crippen molar-refractivity contribution >= 4 is 6.47 Å². The molecule has 35 heavy (non-hydrogen) atoms. The average molecular weight is 478 g/mol. The molecule has 0 aliphatic carbocycles. The van der Waals surface area contributed by atoms with Crippen LogP contribution in [0.4, 0.5) is 4.39 Å². The lowest BCUT2D eigenvalue weighted by molar-refractivity contribution is -0.138. The highest BCUT2D eigenvalue weighted by atomic mass is 19.1. The van der Waals surface area contributed by atoms with Gasteiger partial charge in [0.05, 0.1) is 12.7 Å². The summed E-state index contributed by atoms with van der Waals surface area (Å²) in [7, 11) is 0. The maximum atomic E-state index is 13.1. The minimum absolute atomic E-state index is 0.187. The van der Waals surface area contributed by atoms with E-state index in [1.165, 1.54) is 18.3 Å². The molecule has 0 aliphatic heterocycles. The molecule has 8 heteroatoms.